The molecule has 1 saturated carbocycles. The number of benzene rings is 1. The van der Waals surface area contributed by atoms with Gasteiger partial charge in [0.2, 0.25) is 5.88 Å². The molecule has 2 aromatic heterocycles. The Hall–Kier alpha value is -3.36. The van der Waals surface area contributed by atoms with Gasteiger partial charge in [-0.1, -0.05) is 0 Å². The number of ether oxygens (including phenoxy) is 1. The average Bonchev–Trinajstić information content (AvgIpc) is 3.45. The monoisotopic (exact) mass is 371 g/mol. The fourth-order valence-corrected chi connectivity index (χ4v) is 2.81. The van der Waals surface area contributed by atoms with Crippen molar-refractivity contribution < 1.29 is 18.3 Å². The molecule has 9 heteroatoms. The summed E-state index contributed by atoms with van der Waals surface area (Å²) in [7, 11) is 1.28. The van der Waals surface area contributed by atoms with Crippen LogP contribution in [-0.2, 0) is 0 Å². The SMILES string of the molecule is COc1ncc(-c2c(F)ccc3c(N)c(C(=O)NC4CC4)nnc23)cc1F. The van der Waals surface area contributed by atoms with Crippen LogP contribution in [0.25, 0.3) is 22.0 Å². The van der Waals surface area contributed by atoms with E-state index in [1.165, 1.54) is 25.4 Å². The summed E-state index contributed by atoms with van der Waals surface area (Å²) in [5.74, 6) is -2.01. The van der Waals surface area contributed by atoms with E-state index in [0.717, 1.165) is 18.9 Å². The van der Waals surface area contributed by atoms with Crippen LogP contribution in [0.1, 0.15) is 23.3 Å². The number of pyridine rings is 1. The van der Waals surface area contributed by atoms with Crippen LogP contribution in [0.3, 0.4) is 0 Å². The van der Waals surface area contributed by atoms with Crippen molar-refractivity contribution in [2.75, 3.05) is 12.8 Å². The number of rotatable bonds is 4. The van der Waals surface area contributed by atoms with E-state index in [1.807, 2.05) is 0 Å². The summed E-state index contributed by atoms with van der Waals surface area (Å²) in [6.07, 6.45) is 3.10. The van der Waals surface area contributed by atoms with Gasteiger partial charge >= 0.3 is 0 Å². The first-order chi connectivity index (χ1) is 13.0. The van der Waals surface area contributed by atoms with Crippen LogP contribution in [0.4, 0.5) is 14.5 Å². The first-order valence-electron chi connectivity index (χ1n) is 8.24. The number of hydrogen-bond acceptors (Lipinski definition) is 6. The normalized spacial score (nSPS) is 13.6. The minimum Gasteiger partial charge on any atom is -0.479 e. The highest BCUT2D eigenvalue weighted by Crippen LogP contribution is 2.34. The molecule has 0 bridgehead atoms. The Morgan fingerprint density at radius 3 is 2.70 bits per heavy atom. The van der Waals surface area contributed by atoms with E-state index in [-0.39, 0.29) is 39.9 Å². The molecule has 0 atom stereocenters. The standard InChI is InChI=1S/C18H15F2N5O2/c1-27-18-12(20)6-8(7-22-18)13-11(19)5-4-10-14(21)16(25-24-15(10)13)17(26)23-9-2-3-9/h4-7,9H,2-3H2,1H3,(H2,21,24)(H,23,26). The summed E-state index contributed by atoms with van der Waals surface area (Å²) in [5.41, 5.74) is 6.42. The van der Waals surface area contributed by atoms with Crippen molar-refractivity contribution in [3.8, 4) is 17.0 Å². The van der Waals surface area contributed by atoms with Crippen LogP contribution >= 0.6 is 0 Å². The van der Waals surface area contributed by atoms with Crippen LogP contribution in [0, 0.1) is 11.6 Å². The van der Waals surface area contributed by atoms with Gasteiger partial charge in [0.15, 0.2) is 11.5 Å². The Kier molecular flexibility index (Phi) is 4.06. The molecule has 3 N–H and O–H groups in total. The smallest absolute Gasteiger partial charge is 0.274 e. The Morgan fingerprint density at radius 2 is 2.04 bits per heavy atom. The molecular weight excluding hydrogens is 356 g/mol. The summed E-state index contributed by atoms with van der Waals surface area (Å²) >= 11 is 0. The molecule has 0 aliphatic heterocycles. The zero-order chi connectivity index (χ0) is 19.1. The maximum Gasteiger partial charge on any atom is 0.274 e. The Bertz CT molecular complexity index is 1070. The summed E-state index contributed by atoms with van der Waals surface area (Å²) in [6, 6.07) is 3.82. The molecule has 138 valence electrons. The number of amides is 1. The predicted molar refractivity (Wildman–Crippen MR) is 94.1 cm³/mol. The molecule has 2 heterocycles. The third-order valence-corrected chi connectivity index (χ3v) is 4.34. The van der Waals surface area contributed by atoms with E-state index in [9.17, 15) is 13.6 Å². The molecule has 0 spiro atoms. The lowest BCUT2D eigenvalue weighted by Crippen LogP contribution is -2.27. The van der Waals surface area contributed by atoms with Crippen LogP contribution < -0.4 is 15.8 Å². The molecule has 0 radical (unpaired) electrons. The number of nitrogens with one attached hydrogen (secondary N) is 1. The van der Waals surface area contributed by atoms with Crippen LogP contribution in [0.15, 0.2) is 24.4 Å². The molecule has 1 aliphatic carbocycles. The molecule has 1 amide bonds. The number of nitrogen functional groups attached to an aromatic ring is 1. The van der Waals surface area contributed by atoms with Gasteiger partial charge in [0.25, 0.3) is 5.91 Å². The maximum absolute atomic E-state index is 14.5. The Balaban J connectivity index is 1.86. The molecule has 7 nitrogen and oxygen atoms in total. The second-order valence-electron chi connectivity index (χ2n) is 6.24. The number of fused-ring (bicyclic) bond motifs is 1. The van der Waals surface area contributed by atoms with E-state index >= 15 is 0 Å². The topological polar surface area (TPSA) is 103 Å². The van der Waals surface area contributed by atoms with Gasteiger partial charge in [-0.05, 0) is 31.0 Å². The minimum atomic E-state index is -0.743. The minimum absolute atomic E-state index is 0.00472. The third kappa shape index (κ3) is 3.01. The number of aromatic nitrogens is 3. The highest BCUT2D eigenvalue weighted by atomic mass is 19.1. The fraction of sp³-hybridized carbons (Fsp3) is 0.222. The van der Waals surface area contributed by atoms with Gasteiger partial charge in [-0.3, -0.25) is 4.79 Å². The number of halogens is 2. The van der Waals surface area contributed by atoms with E-state index in [2.05, 4.69) is 20.5 Å². The fourth-order valence-electron chi connectivity index (χ4n) is 2.81. The number of carbonyl (C=O) groups excluding carboxylic acids is 1. The molecule has 4 rings (SSSR count). The Morgan fingerprint density at radius 1 is 1.26 bits per heavy atom. The summed E-state index contributed by atoms with van der Waals surface area (Å²) < 4.78 is 33.3. The highest BCUT2D eigenvalue weighted by Gasteiger charge is 2.26. The summed E-state index contributed by atoms with van der Waals surface area (Å²) in [6.45, 7) is 0. The average molecular weight is 371 g/mol. The zero-order valence-electron chi connectivity index (χ0n) is 14.3. The quantitative estimate of drug-likeness (QED) is 0.730. The van der Waals surface area contributed by atoms with Gasteiger partial charge < -0.3 is 15.8 Å². The largest absolute Gasteiger partial charge is 0.479 e. The summed E-state index contributed by atoms with van der Waals surface area (Å²) in [5, 5.41) is 11.0. The van der Waals surface area contributed by atoms with Crippen molar-refractivity contribution >= 4 is 22.5 Å². The second kappa shape index (κ2) is 6.42. The van der Waals surface area contributed by atoms with Crippen molar-refractivity contribution in [2.24, 2.45) is 0 Å². The van der Waals surface area contributed by atoms with Gasteiger partial charge in [-0.25, -0.2) is 13.8 Å². The molecule has 0 unspecified atom stereocenters. The van der Waals surface area contributed by atoms with Gasteiger partial charge in [-0.2, -0.15) is 0 Å². The molecule has 27 heavy (non-hydrogen) atoms. The zero-order valence-corrected chi connectivity index (χ0v) is 14.3. The van der Waals surface area contributed by atoms with Gasteiger partial charge in [0.05, 0.1) is 12.8 Å². The maximum atomic E-state index is 14.5. The van der Waals surface area contributed by atoms with Crippen molar-refractivity contribution in [3.05, 3.63) is 41.7 Å². The highest BCUT2D eigenvalue weighted by molar-refractivity contribution is 6.07. The molecular formula is C18H15F2N5O2. The number of methoxy groups -OCH3 is 1. The van der Waals surface area contributed by atoms with Crippen molar-refractivity contribution in [1.82, 2.24) is 20.5 Å². The number of nitrogens with zero attached hydrogens (tertiary/aromatic N) is 3. The van der Waals surface area contributed by atoms with E-state index in [4.69, 9.17) is 10.5 Å². The van der Waals surface area contributed by atoms with E-state index < -0.39 is 17.5 Å². The second-order valence-corrected chi connectivity index (χ2v) is 6.24. The number of nitrogens with two attached hydrogens (primary N) is 1. The first kappa shape index (κ1) is 17.1. The number of hydrogen-bond donors (Lipinski definition) is 2. The van der Waals surface area contributed by atoms with Crippen molar-refractivity contribution in [3.63, 3.8) is 0 Å². The van der Waals surface area contributed by atoms with Gasteiger partial charge in [-0.15, -0.1) is 10.2 Å². The lowest BCUT2D eigenvalue weighted by Gasteiger charge is -2.12. The number of carbonyl (C=O) groups is 1. The number of anilines is 1. The molecule has 3 aromatic rings. The van der Waals surface area contributed by atoms with Crippen molar-refractivity contribution in [2.45, 2.75) is 18.9 Å². The first-order valence-corrected chi connectivity index (χ1v) is 8.24. The third-order valence-electron chi connectivity index (χ3n) is 4.34. The lowest BCUT2D eigenvalue weighted by atomic mass is 10.0. The summed E-state index contributed by atoms with van der Waals surface area (Å²) in [4.78, 5) is 16.1. The van der Waals surface area contributed by atoms with Crippen molar-refractivity contribution in [1.29, 1.82) is 0 Å². The van der Waals surface area contributed by atoms with Crippen LogP contribution in [-0.4, -0.2) is 34.2 Å². The molecule has 1 fully saturated rings. The van der Waals surface area contributed by atoms with Crippen LogP contribution in [0.5, 0.6) is 5.88 Å². The molecule has 1 aliphatic rings. The van der Waals surface area contributed by atoms with Gasteiger partial charge in [0, 0.05) is 28.8 Å². The van der Waals surface area contributed by atoms with Gasteiger partial charge in [0.1, 0.15) is 11.3 Å². The molecule has 1 aromatic carbocycles. The predicted octanol–water partition coefficient (Wildman–Crippen LogP) is 2.45. The van der Waals surface area contributed by atoms with E-state index in [1.54, 1.807) is 0 Å². The van der Waals surface area contributed by atoms with Crippen LogP contribution in [0.2, 0.25) is 0 Å². The molecule has 0 saturated heterocycles. The lowest BCUT2D eigenvalue weighted by molar-refractivity contribution is 0.0946. The van der Waals surface area contributed by atoms with E-state index in [0.29, 0.717) is 5.39 Å². The Labute approximate surface area is 152 Å².